The van der Waals surface area contributed by atoms with Gasteiger partial charge in [-0.2, -0.15) is 0 Å². The summed E-state index contributed by atoms with van der Waals surface area (Å²) in [6, 6.07) is 7.37. The Labute approximate surface area is 124 Å². The first kappa shape index (κ1) is 15.6. The van der Waals surface area contributed by atoms with E-state index in [9.17, 15) is 8.78 Å². The van der Waals surface area contributed by atoms with E-state index in [-0.39, 0.29) is 5.56 Å². The van der Waals surface area contributed by atoms with Gasteiger partial charge in [-0.25, -0.2) is 8.78 Å². The summed E-state index contributed by atoms with van der Waals surface area (Å²) in [5.74, 6) is -1.03. The highest BCUT2D eigenvalue weighted by Crippen LogP contribution is 2.24. The number of halogens is 2. The third kappa shape index (κ3) is 3.85. The van der Waals surface area contributed by atoms with Gasteiger partial charge in [0, 0.05) is 29.9 Å². The lowest BCUT2D eigenvalue weighted by Crippen LogP contribution is -2.26. The van der Waals surface area contributed by atoms with Crippen molar-refractivity contribution in [3.63, 3.8) is 0 Å². The Kier molecular flexibility index (Phi) is 5.39. The average Bonchev–Trinajstić information content (AvgIpc) is 2.46. The van der Waals surface area contributed by atoms with Crippen molar-refractivity contribution in [2.24, 2.45) is 0 Å². The predicted molar refractivity (Wildman–Crippen MR) is 80.1 cm³/mol. The summed E-state index contributed by atoms with van der Waals surface area (Å²) in [4.78, 5) is 4.33. The summed E-state index contributed by atoms with van der Waals surface area (Å²) >= 11 is 0. The molecular formula is C17H20F2N2. The van der Waals surface area contributed by atoms with E-state index in [1.54, 1.807) is 6.20 Å². The van der Waals surface area contributed by atoms with Crippen LogP contribution in [0.1, 0.15) is 36.2 Å². The van der Waals surface area contributed by atoms with Crippen LogP contribution in [0.2, 0.25) is 0 Å². The Morgan fingerprint density at radius 2 is 1.86 bits per heavy atom. The monoisotopic (exact) mass is 290 g/mol. The molecule has 1 N–H and O–H groups in total. The number of nitrogens with one attached hydrogen (secondary N) is 1. The zero-order chi connectivity index (χ0) is 15.2. The van der Waals surface area contributed by atoms with E-state index >= 15 is 0 Å². The van der Waals surface area contributed by atoms with Gasteiger partial charge >= 0.3 is 0 Å². The second kappa shape index (κ2) is 7.27. The second-order valence-corrected chi connectivity index (χ2v) is 5.11. The molecule has 0 bridgehead atoms. The smallest absolute Gasteiger partial charge is 0.130 e. The minimum absolute atomic E-state index is 0.0935. The summed E-state index contributed by atoms with van der Waals surface area (Å²) in [5, 5.41) is 3.22. The van der Waals surface area contributed by atoms with Crippen molar-refractivity contribution in [2.75, 3.05) is 6.54 Å². The van der Waals surface area contributed by atoms with E-state index in [0.717, 1.165) is 17.7 Å². The number of benzene rings is 1. The fraction of sp³-hybridized carbons (Fsp3) is 0.353. The molecule has 1 aromatic carbocycles. The normalized spacial score (nSPS) is 12.4. The number of hydrogen-bond donors (Lipinski definition) is 1. The molecule has 112 valence electrons. The van der Waals surface area contributed by atoms with Crippen molar-refractivity contribution in [3.05, 3.63) is 65.0 Å². The van der Waals surface area contributed by atoms with E-state index in [1.807, 2.05) is 26.0 Å². The summed E-state index contributed by atoms with van der Waals surface area (Å²) in [5.41, 5.74) is 1.97. The van der Waals surface area contributed by atoms with Crippen molar-refractivity contribution in [1.82, 2.24) is 10.3 Å². The van der Waals surface area contributed by atoms with Gasteiger partial charge in [-0.05, 0) is 43.7 Å². The van der Waals surface area contributed by atoms with Gasteiger partial charge < -0.3 is 5.32 Å². The molecule has 0 saturated heterocycles. The molecule has 1 heterocycles. The minimum Gasteiger partial charge on any atom is -0.309 e. The quantitative estimate of drug-likeness (QED) is 0.871. The molecule has 0 aliphatic heterocycles. The first-order chi connectivity index (χ1) is 10.1. The van der Waals surface area contributed by atoms with Crippen LogP contribution in [-0.4, -0.2) is 11.5 Å². The number of rotatable bonds is 6. The Balaban J connectivity index is 2.32. The molecule has 2 rings (SSSR count). The molecule has 0 amide bonds. The van der Waals surface area contributed by atoms with Crippen molar-refractivity contribution < 1.29 is 8.78 Å². The number of aromatic nitrogens is 1. The van der Waals surface area contributed by atoms with Gasteiger partial charge in [0.25, 0.3) is 0 Å². The van der Waals surface area contributed by atoms with Gasteiger partial charge in [-0.3, -0.25) is 4.98 Å². The molecule has 1 atom stereocenters. The standard InChI is InChI=1S/C17H20F2N2/c1-3-9-20-16(11-15-12(2)6-5-10-21-15)17-13(18)7-4-8-14(17)19/h4-8,10,16,20H,3,9,11H2,1-2H3. The van der Waals surface area contributed by atoms with Gasteiger partial charge in [0.2, 0.25) is 0 Å². The van der Waals surface area contributed by atoms with E-state index in [4.69, 9.17) is 0 Å². The van der Waals surface area contributed by atoms with Crippen molar-refractivity contribution in [2.45, 2.75) is 32.7 Å². The number of hydrogen-bond acceptors (Lipinski definition) is 2. The minimum atomic E-state index is -0.516. The number of nitrogens with zero attached hydrogens (tertiary/aromatic N) is 1. The summed E-state index contributed by atoms with van der Waals surface area (Å²) < 4.78 is 28.1. The van der Waals surface area contributed by atoms with Crippen molar-refractivity contribution in [1.29, 1.82) is 0 Å². The molecule has 2 nitrogen and oxygen atoms in total. The maximum atomic E-state index is 14.0. The zero-order valence-corrected chi connectivity index (χ0v) is 12.4. The molecule has 21 heavy (non-hydrogen) atoms. The number of pyridine rings is 1. The van der Waals surface area contributed by atoms with Gasteiger partial charge in [0.1, 0.15) is 11.6 Å². The van der Waals surface area contributed by atoms with Crippen LogP contribution in [0.3, 0.4) is 0 Å². The molecular weight excluding hydrogens is 270 g/mol. The van der Waals surface area contributed by atoms with E-state index < -0.39 is 17.7 Å². The Hall–Kier alpha value is -1.81. The van der Waals surface area contributed by atoms with E-state index in [1.165, 1.54) is 18.2 Å². The molecule has 0 aliphatic rings. The van der Waals surface area contributed by atoms with E-state index in [2.05, 4.69) is 10.3 Å². The molecule has 1 aromatic heterocycles. The second-order valence-electron chi connectivity index (χ2n) is 5.11. The van der Waals surface area contributed by atoms with Gasteiger partial charge in [0.05, 0.1) is 0 Å². The maximum Gasteiger partial charge on any atom is 0.130 e. The third-order valence-corrected chi connectivity index (χ3v) is 3.50. The van der Waals surface area contributed by atoms with E-state index in [0.29, 0.717) is 13.0 Å². The van der Waals surface area contributed by atoms with Crippen LogP contribution >= 0.6 is 0 Å². The van der Waals surface area contributed by atoms with Crippen LogP contribution in [0.15, 0.2) is 36.5 Å². The summed E-state index contributed by atoms with van der Waals surface area (Å²) in [6.07, 6.45) is 3.06. The van der Waals surface area contributed by atoms with Gasteiger partial charge in [-0.15, -0.1) is 0 Å². The fourth-order valence-corrected chi connectivity index (χ4v) is 2.36. The van der Waals surface area contributed by atoms with Crippen molar-refractivity contribution >= 4 is 0 Å². The predicted octanol–water partition coefficient (Wildman–Crippen LogP) is 3.95. The molecule has 2 aromatic rings. The Morgan fingerprint density at radius 3 is 2.48 bits per heavy atom. The molecule has 0 fully saturated rings. The van der Waals surface area contributed by atoms with Crippen LogP contribution in [0, 0.1) is 18.6 Å². The first-order valence-corrected chi connectivity index (χ1v) is 7.21. The van der Waals surface area contributed by atoms with Crippen molar-refractivity contribution in [3.8, 4) is 0 Å². The topological polar surface area (TPSA) is 24.9 Å². The molecule has 0 saturated carbocycles. The molecule has 0 aliphatic carbocycles. The Bertz CT molecular complexity index is 579. The fourth-order valence-electron chi connectivity index (χ4n) is 2.36. The first-order valence-electron chi connectivity index (χ1n) is 7.21. The van der Waals surface area contributed by atoms with Crippen LogP contribution in [-0.2, 0) is 6.42 Å². The molecule has 0 radical (unpaired) electrons. The highest BCUT2D eigenvalue weighted by atomic mass is 19.1. The lowest BCUT2D eigenvalue weighted by molar-refractivity contribution is 0.461. The summed E-state index contributed by atoms with van der Waals surface area (Å²) in [7, 11) is 0. The molecule has 1 unspecified atom stereocenters. The molecule has 4 heteroatoms. The number of aryl methyl sites for hydroxylation is 1. The summed E-state index contributed by atoms with van der Waals surface area (Å²) in [6.45, 7) is 4.68. The van der Waals surface area contributed by atoms with Crippen LogP contribution < -0.4 is 5.32 Å². The lowest BCUT2D eigenvalue weighted by Gasteiger charge is -2.20. The lowest BCUT2D eigenvalue weighted by atomic mass is 9.98. The van der Waals surface area contributed by atoms with Gasteiger partial charge in [-0.1, -0.05) is 19.1 Å². The molecule has 0 spiro atoms. The van der Waals surface area contributed by atoms with Gasteiger partial charge in [0.15, 0.2) is 0 Å². The van der Waals surface area contributed by atoms with Crippen LogP contribution in [0.4, 0.5) is 8.78 Å². The zero-order valence-electron chi connectivity index (χ0n) is 12.4. The highest BCUT2D eigenvalue weighted by Gasteiger charge is 2.21. The third-order valence-electron chi connectivity index (χ3n) is 3.50. The SMILES string of the molecule is CCCNC(Cc1ncccc1C)c1c(F)cccc1F. The largest absolute Gasteiger partial charge is 0.309 e. The highest BCUT2D eigenvalue weighted by molar-refractivity contribution is 5.27. The van der Waals surface area contributed by atoms with Crippen LogP contribution in [0.5, 0.6) is 0 Å². The average molecular weight is 290 g/mol. The van der Waals surface area contributed by atoms with Crippen LogP contribution in [0.25, 0.3) is 0 Å². The maximum absolute atomic E-state index is 14.0. The Morgan fingerprint density at radius 1 is 1.14 bits per heavy atom.